The van der Waals surface area contributed by atoms with Crippen LogP contribution in [-0.2, 0) is 19.2 Å². The fraction of sp³-hybridized carbons (Fsp3) is 0.222. The SMILES string of the molecule is Cl.Cl.[CH3][GeH]([CH3])[Zr]([C]1=CC=CC1)[C]1=C(c2ccccc2)C=CC1. The van der Waals surface area contributed by atoms with E-state index in [4.69, 9.17) is 0 Å². The molecule has 0 saturated carbocycles. The minimum atomic E-state index is -1.50. The van der Waals surface area contributed by atoms with E-state index in [0.29, 0.717) is 0 Å². The Hall–Kier alpha value is 0.186. The molecular weight excluding hydrogens is 451 g/mol. The first kappa shape index (κ1) is 20.2. The summed E-state index contributed by atoms with van der Waals surface area (Å²) in [5.74, 6) is 5.24. The molecule has 0 nitrogen and oxygen atoms in total. The molecule has 0 N–H and O–H groups in total. The average Bonchev–Trinajstić information content (AvgIpc) is 3.11. The maximum atomic E-state index is 2.62. The van der Waals surface area contributed by atoms with Crippen molar-refractivity contribution in [3.05, 3.63) is 72.8 Å². The van der Waals surface area contributed by atoms with Gasteiger partial charge in [-0.3, -0.25) is 0 Å². The van der Waals surface area contributed by atoms with Gasteiger partial charge in [0.1, 0.15) is 0 Å². The van der Waals surface area contributed by atoms with Gasteiger partial charge in [-0.05, 0) is 0 Å². The Morgan fingerprint density at radius 2 is 1.68 bits per heavy atom. The van der Waals surface area contributed by atoms with Gasteiger partial charge in [0.05, 0.1) is 0 Å². The second-order valence-corrected chi connectivity index (χ2v) is 37.6. The Morgan fingerprint density at radius 1 is 0.955 bits per heavy atom. The molecule has 0 radical (unpaired) electrons. The molecule has 2 aliphatic rings. The molecule has 0 aromatic heterocycles. The molecule has 0 heterocycles. The maximum absolute atomic E-state index is 2.62. The topological polar surface area (TPSA) is 0 Å². The standard InChI is InChI=1S/C11H9.C5H5.C2H7Ge.2ClH.Zr/c1-2-6-10(7-3-1)11-8-4-5-9-11;1-2-4-5-3-1;1-3-2;;;/h1-4,6-8H,5H2;1-3H,4H2;3H,1-2H3;2*1H;. The molecular formula is C18H23Cl2GeZr. The molecule has 1 aromatic carbocycles. The predicted octanol–water partition coefficient (Wildman–Crippen LogP) is 5.65. The summed E-state index contributed by atoms with van der Waals surface area (Å²) in [5.41, 5.74) is 3.01. The van der Waals surface area contributed by atoms with Crippen molar-refractivity contribution in [1.82, 2.24) is 0 Å². The first-order chi connectivity index (χ1) is 9.77. The summed E-state index contributed by atoms with van der Waals surface area (Å²) in [6.45, 7) is 0. The van der Waals surface area contributed by atoms with Gasteiger partial charge >= 0.3 is 133 Å². The first-order valence-electron chi connectivity index (χ1n) is 7.46. The molecule has 0 fully saturated rings. The Balaban J connectivity index is 0.00000121. The van der Waals surface area contributed by atoms with Crippen LogP contribution >= 0.6 is 24.8 Å². The molecule has 1 aromatic rings. The van der Waals surface area contributed by atoms with Gasteiger partial charge in [-0.1, -0.05) is 0 Å². The summed E-state index contributed by atoms with van der Waals surface area (Å²) < 4.78 is 3.73. The third-order valence-corrected chi connectivity index (χ3v) is 35.5. The van der Waals surface area contributed by atoms with Crippen molar-refractivity contribution in [3.63, 3.8) is 0 Å². The van der Waals surface area contributed by atoms with E-state index in [1.54, 1.807) is 5.57 Å². The molecule has 0 unspecified atom stereocenters. The molecule has 0 atom stereocenters. The van der Waals surface area contributed by atoms with Crippen LogP contribution < -0.4 is 0 Å². The van der Waals surface area contributed by atoms with Gasteiger partial charge in [0.2, 0.25) is 0 Å². The van der Waals surface area contributed by atoms with Crippen molar-refractivity contribution in [2.75, 3.05) is 0 Å². The molecule has 4 heteroatoms. The first-order valence-corrected chi connectivity index (χ1v) is 23.3. The van der Waals surface area contributed by atoms with Gasteiger partial charge in [0, 0.05) is 0 Å². The zero-order valence-electron chi connectivity index (χ0n) is 13.1. The summed E-state index contributed by atoms with van der Waals surface area (Å²) in [4.78, 5) is 0. The van der Waals surface area contributed by atoms with Crippen molar-refractivity contribution >= 4 is 40.9 Å². The van der Waals surface area contributed by atoms with Crippen LogP contribution in [0.5, 0.6) is 0 Å². The molecule has 2 aliphatic carbocycles. The van der Waals surface area contributed by atoms with Crippen molar-refractivity contribution in [2.45, 2.75) is 24.4 Å². The fourth-order valence-corrected chi connectivity index (χ4v) is 35.2. The quantitative estimate of drug-likeness (QED) is 0.496. The van der Waals surface area contributed by atoms with Crippen LogP contribution in [0.15, 0.2) is 67.3 Å². The van der Waals surface area contributed by atoms with Gasteiger partial charge in [-0.25, -0.2) is 0 Å². The van der Waals surface area contributed by atoms with Crippen LogP contribution in [0.4, 0.5) is 0 Å². The molecule has 0 aliphatic heterocycles. The zero-order valence-corrected chi connectivity index (χ0v) is 19.6. The van der Waals surface area contributed by atoms with E-state index in [1.165, 1.54) is 18.4 Å². The molecule has 0 bridgehead atoms. The molecule has 22 heavy (non-hydrogen) atoms. The molecule has 0 saturated heterocycles. The van der Waals surface area contributed by atoms with Crippen LogP contribution in [0.1, 0.15) is 18.4 Å². The number of benzene rings is 1. The van der Waals surface area contributed by atoms with E-state index < -0.39 is 29.8 Å². The normalized spacial score (nSPS) is 15.7. The predicted molar refractivity (Wildman–Crippen MR) is 102 cm³/mol. The van der Waals surface area contributed by atoms with Crippen LogP contribution in [-0.4, -0.2) is 10.6 Å². The number of halogens is 2. The van der Waals surface area contributed by atoms with Crippen molar-refractivity contribution in [2.24, 2.45) is 0 Å². The number of hydrogen-bond acceptors (Lipinski definition) is 0. The van der Waals surface area contributed by atoms with E-state index in [0.717, 1.165) is 0 Å². The summed E-state index contributed by atoms with van der Waals surface area (Å²) in [5, 5.41) is 0. The minimum absolute atomic E-state index is 0. The van der Waals surface area contributed by atoms with Crippen LogP contribution in [0.25, 0.3) is 5.57 Å². The van der Waals surface area contributed by atoms with E-state index in [9.17, 15) is 0 Å². The molecule has 0 spiro atoms. The van der Waals surface area contributed by atoms with E-state index in [2.05, 4.69) is 72.2 Å². The Morgan fingerprint density at radius 3 is 2.27 bits per heavy atom. The van der Waals surface area contributed by atoms with Crippen LogP contribution in [0.3, 0.4) is 0 Å². The Labute approximate surface area is 156 Å². The number of hydrogen-bond donors (Lipinski definition) is 0. The summed E-state index contributed by atoms with van der Waals surface area (Å²) in [7, 11) is -1.06. The fourth-order valence-electron chi connectivity index (χ4n) is 3.21. The molecule has 117 valence electrons. The second kappa shape index (κ2) is 9.47. The van der Waals surface area contributed by atoms with Crippen molar-refractivity contribution < 1.29 is 19.2 Å². The zero-order chi connectivity index (χ0) is 13.9. The monoisotopic (exact) mass is 473 g/mol. The van der Waals surface area contributed by atoms with Crippen LogP contribution in [0, 0.1) is 0 Å². The van der Waals surface area contributed by atoms with Gasteiger partial charge < -0.3 is 0 Å². The Bertz CT molecular complexity index is 615. The third-order valence-electron chi connectivity index (χ3n) is 4.04. The number of allylic oxidation sites excluding steroid dienone is 8. The third kappa shape index (κ3) is 4.38. The van der Waals surface area contributed by atoms with Gasteiger partial charge in [0.15, 0.2) is 0 Å². The summed E-state index contributed by atoms with van der Waals surface area (Å²) >= 11 is -1.50. The number of rotatable bonds is 4. The van der Waals surface area contributed by atoms with E-state index in [1.807, 2.05) is 6.56 Å². The summed E-state index contributed by atoms with van der Waals surface area (Å²) in [6, 6.07) is 11.0. The Kier molecular flexibility index (Phi) is 8.71. The van der Waals surface area contributed by atoms with Crippen LogP contribution in [0.2, 0.25) is 11.5 Å². The summed E-state index contributed by atoms with van der Waals surface area (Å²) in [6.07, 6.45) is 14.4. The van der Waals surface area contributed by atoms with Crippen molar-refractivity contribution in [1.29, 1.82) is 0 Å². The average molecular weight is 474 g/mol. The molecule has 0 amide bonds. The van der Waals surface area contributed by atoms with Crippen molar-refractivity contribution in [3.8, 4) is 0 Å². The van der Waals surface area contributed by atoms with Gasteiger partial charge in [-0.15, -0.1) is 24.8 Å². The van der Waals surface area contributed by atoms with E-state index >= 15 is 0 Å². The van der Waals surface area contributed by atoms with E-state index in [-0.39, 0.29) is 24.8 Å². The van der Waals surface area contributed by atoms with Gasteiger partial charge in [-0.2, -0.15) is 0 Å². The molecule has 3 rings (SSSR count). The van der Waals surface area contributed by atoms with Gasteiger partial charge in [0.25, 0.3) is 0 Å². The second-order valence-electron chi connectivity index (χ2n) is 5.76.